The third-order valence-electron chi connectivity index (χ3n) is 4.17. The summed E-state index contributed by atoms with van der Waals surface area (Å²) < 4.78 is 1.31. The molecule has 1 aromatic carbocycles. The standard InChI is InChI=1S/C16H20N4O2/c1-11-10-17-7-8-20(11)15(21)9-14-12-5-3-4-6-13(12)16(22)19(2)18-14/h3-6,11,17H,7-10H2,1-2H3. The van der Waals surface area contributed by atoms with Gasteiger partial charge in [0.05, 0.1) is 17.5 Å². The molecule has 1 atom stereocenters. The molecular formula is C16H20N4O2. The SMILES string of the molecule is CC1CNCCN1C(=O)Cc1nn(C)c(=O)c2ccccc12. The second-order valence-corrected chi connectivity index (χ2v) is 5.74. The number of hydrogen-bond donors (Lipinski definition) is 1. The predicted octanol–water partition coefficient (Wildman–Crippen LogP) is 0.296. The van der Waals surface area contributed by atoms with E-state index in [1.54, 1.807) is 13.1 Å². The Morgan fingerprint density at radius 1 is 1.36 bits per heavy atom. The fourth-order valence-corrected chi connectivity index (χ4v) is 2.96. The number of rotatable bonds is 2. The summed E-state index contributed by atoms with van der Waals surface area (Å²) in [5.41, 5.74) is 0.524. The van der Waals surface area contributed by atoms with E-state index in [0.29, 0.717) is 17.6 Å². The van der Waals surface area contributed by atoms with Gasteiger partial charge >= 0.3 is 0 Å². The van der Waals surface area contributed by atoms with Gasteiger partial charge in [-0.15, -0.1) is 0 Å². The average molecular weight is 300 g/mol. The summed E-state index contributed by atoms with van der Waals surface area (Å²) in [6.45, 7) is 4.38. The van der Waals surface area contributed by atoms with Gasteiger partial charge in [0.25, 0.3) is 5.56 Å². The molecule has 0 aliphatic carbocycles. The Kier molecular flexibility index (Phi) is 3.94. The van der Waals surface area contributed by atoms with Gasteiger partial charge in [-0.25, -0.2) is 4.68 Å². The summed E-state index contributed by atoms with van der Waals surface area (Å²) >= 11 is 0. The number of amides is 1. The maximum absolute atomic E-state index is 12.6. The first-order valence-corrected chi connectivity index (χ1v) is 7.53. The first kappa shape index (κ1) is 14.7. The van der Waals surface area contributed by atoms with E-state index in [9.17, 15) is 9.59 Å². The first-order valence-electron chi connectivity index (χ1n) is 7.53. The molecule has 1 saturated heterocycles. The van der Waals surface area contributed by atoms with Crippen molar-refractivity contribution in [2.75, 3.05) is 19.6 Å². The van der Waals surface area contributed by atoms with Crippen LogP contribution in [0.3, 0.4) is 0 Å². The topological polar surface area (TPSA) is 67.2 Å². The van der Waals surface area contributed by atoms with Gasteiger partial charge in [0, 0.05) is 38.1 Å². The zero-order chi connectivity index (χ0) is 15.7. The number of carbonyl (C=O) groups excluding carboxylic acids is 1. The zero-order valence-electron chi connectivity index (χ0n) is 12.9. The van der Waals surface area contributed by atoms with Crippen molar-refractivity contribution < 1.29 is 4.79 Å². The quantitative estimate of drug-likeness (QED) is 0.866. The van der Waals surface area contributed by atoms with E-state index in [2.05, 4.69) is 10.4 Å². The minimum Gasteiger partial charge on any atom is -0.337 e. The molecule has 116 valence electrons. The van der Waals surface area contributed by atoms with Crippen LogP contribution in [-0.4, -0.2) is 46.3 Å². The van der Waals surface area contributed by atoms with Crippen LogP contribution in [-0.2, 0) is 18.3 Å². The highest BCUT2D eigenvalue weighted by molar-refractivity contribution is 5.88. The predicted molar refractivity (Wildman–Crippen MR) is 84.7 cm³/mol. The Bertz CT molecular complexity index is 768. The van der Waals surface area contributed by atoms with Crippen molar-refractivity contribution in [3.8, 4) is 0 Å². The number of carbonyl (C=O) groups is 1. The van der Waals surface area contributed by atoms with Gasteiger partial charge in [0.1, 0.15) is 0 Å². The molecule has 22 heavy (non-hydrogen) atoms. The van der Waals surface area contributed by atoms with Crippen molar-refractivity contribution in [2.24, 2.45) is 7.05 Å². The largest absolute Gasteiger partial charge is 0.337 e. The molecule has 6 nitrogen and oxygen atoms in total. The van der Waals surface area contributed by atoms with E-state index in [1.807, 2.05) is 30.0 Å². The smallest absolute Gasteiger partial charge is 0.274 e. The minimum atomic E-state index is -0.137. The lowest BCUT2D eigenvalue weighted by Gasteiger charge is -2.34. The van der Waals surface area contributed by atoms with Crippen molar-refractivity contribution in [2.45, 2.75) is 19.4 Å². The van der Waals surface area contributed by atoms with Gasteiger partial charge in [-0.3, -0.25) is 9.59 Å². The number of piperazine rings is 1. The Labute approximate surface area is 128 Å². The molecule has 3 rings (SSSR count). The van der Waals surface area contributed by atoms with E-state index >= 15 is 0 Å². The second-order valence-electron chi connectivity index (χ2n) is 5.74. The lowest BCUT2D eigenvalue weighted by molar-refractivity contribution is -0.133. The molecule has 2 aromatic rings. The maximum Gasteiger partial charge on any atom is 0.274 e. The lowest BCUT2D eigenvalue weighted by Crippen LogP contribution is -2.52. The fourth-order valence-electron chi connectivity index (χ4n) is 2.96. The minimum absolute atomic E-state index is 0.0605. The Balaban J connectivity index is 1.95. The van der Waals surface area contributed by atoms with E-state index in [0.717, 1.165) is 18.5 Å². The van der Waals surface area contributed by atoms with Crippen molar-refractivity contribution in [1.29, 1.82) is 0 Å². The molecule has 0 spiro atoms. The van der Waals surface area contributed by atoms with Gasteiger partial charge in [0.15, 0.2) is 0 Å². The molecule has 1 aromatic heterocycles. The molecule has 1 amide bonds. The van der Waals surface area contributed by atoms with Gasteiger partial charge in [-0.05, 0) is 13.0 Å². The number of hydrogen-bond acceptors (Lipinski definition) is 4. The summed E-state index contributed by atoms with van der Waals surface area (Å²) in [5.74, 6) is 0.0605. The molecule has 1 aliphatic heterocycles. The van der Waals surface area contributed by atoms with Crippen LogP contribution in [0.1, 0.15) is 12.6 Å². The molecule has 1 fully saturated rings. The number of nitrogens with zero attached hydrogens (tertiary/aromatic N) is 3. The number of aromatic nitrogens is 2. The monoisotopic (exact) mass is 300 g/mol. The van der Waals surface area contributed by atoms with Crippen LogP contribution in [0.2, 0.25) is 0 Å². The average Bonchev–Trinajstić information content (AvgIpc) is 2.52. The summed E-state index contributed by atoms with van der Waals surface area (Å²) in [7, 11) is 1.62. The van der Waals surface area contributed by atoms with Crippen LogP contribution in [0, 0.1) is 0 Å². The van der Waals surface area contributed by atoms with Crippen molar-refractivity contribution in [1.82, 2.24) is 20.0 Å². The van der Waals surface area contributed by atoms with Crippen LogP contribution < -0.4 is 10.9 Å². The van der Waals surface area contributed by atoms with Crippen LogP contribution in [0.15, 0.2) is 29.1 Å². The number of benzene rings is 1. The van der Waals surface area contributed by atoms with Crippen molar-refractivity contribution >= 4 is 16.7 Å². The molecule has 0 radical (unpaired) electrons. The van der Waals surface area contributed by atoms with E-state index in [-0.39, 0.29) is 23.9 Å². The number of fused-ring (bicyclic) bond motifs is 1. The van der Waals surface area contributed by atoms with Crippen LogP contribution in [0.4, 0.5) is 0 Å². The van der Waals surface area contributed by atoms with Crippen LogP contribution in [0.5, 0.6) is 0 Å². The molecule has 0 bridgehead atoms. The molecule has 1 unspecified atom stereocenters. The Hall–Kier alpha value is -2.21. The Morgan fingerprint density at radius 3 is 2.82 bits per heavy atom. The van der Waals surface area contributed by atoms with Gasteiger partial charge in [-0.2, -0.15) is 5.10 Å². The number of nitrogens with one attached hydrogen (secondary N) is 1. The molecule has 1 N–H and O–H groups in total. The van der Waals surface area contributed by atoms with E-state index < -0.39 is 0 Å². The second kappa shape index (κ2) is 5.88. The first-order chi connectivity index (χ1) is 10.6. The molecule has 6 heteroatoms. The molecular weight excluding hydrogens is 280 g/mol. The van der Waals surface area contributed by atoms with Crippen molar-refractivity contribution in [3.63, 3.8) is 0 Å². The highest BCUT2D eigenvalue weighted by atomic mass is 16.2. The summed E-state index contributed by atoms with van der Waals surface area (Å²) in [6, 6.07) is 7.51. The molecule has 2 heterocycles. The third kappa shape index (κ3) is 2.62. The van der Waals surface area contributed by atoms with Crippen molar-refractivity contribution in [3.05, 3.63) is 40.3 Å². The fraction of sp³-hybridized carbons (Fsp3) is 0.438. The maximum atomic E-state index is 12.6. The number of aryl methyl sites for hydroxylation is 1. The van der Waals surface area contributed by atoms with Gasteiger partial charge in [-0.1, -0.05) is 18.2 Å². The van der Waals surface area contributed by atoms with E-state index in [1.165, 1.54) is 4.68 Å². The lowest BCUT2D eigenvalue weighted by atomic mass is 10.1. The highest BCUT2D eigenvalue weighted by Crippen LogP contribution is 2.15. The third-order valence-corrected chi connectivity index (χ3v) is 4.17. The summed E-state index contributed by atoms with van der Waals surface area (Å²) in [6.07, 6.45) is 0.221. The van der Waals surface area contributed by atoms with E-state index in [4.69, 9.17) is 0 Å². The van der Waals surface area contributed by atoms with Crippen LogP contribution >= 0.6 is 0 Å². The normalized spacial score (nSPS) is 18.6. The Morgan fingerprint density at radius 2 is 2.09 bits per heavy atom. The zero-order valence-corrected chi connectivity index (χ0v) is 12.9. The summed E-state index contributed by atoms with van der Waals surface area (Å²) in [5, 5.41) is 8.95. The van der Waals surface area contributed by atoms with Gasteiger partial charge < -0.3 is 10.2 Å². The summed E-state index contributed by atoms with van der Waals surface area (Å²) in [4.78, 5) is 26.6. The van der Waals surface area contributed by atoms with Crippen LogP contribution in [0.25, 0.3) is 10.8 Å². The molecule has 0 saturated carbocycles. The highest BCUT2D eigenvalue weighted by Gasteiger charge is 2.24. The molecule has 1 aliphatic rings. The van der Waals surface area contributed by atoms with Gasteiger partial charge in [0.2, 0.25) is 5.91 Å².